The van der Waals surface area contributed by atoms with E-state index in [9.17, 15) is 14.5 Å². The number of benzene rings is 1. The summed E-state index contributed by atoms with van der Waals surface area (Å²) in [5.41, 5.74) is 6.59. The number of ether oxygens (including phenoxy) is 1. The number of nitrogens with two attached hydrogens (primary N) is 1. The van der Waals surface area contributed by atoms with Crippen LogP contribution in [0.3, 0.4) is 0 Å². The molecule has 2 fully saturated rings. The van der Waals surface area contributed by atoms with Crippen molar-refractivity contribution in [3.8, 4) is 6.01 Å². The minimum absolute atomic E-state index is 0.0181. The van der Waals surface area contributed by atoms with E-state index in [4.69, 9.17) is 24.0 Å². The Balaban J connectivity index is 1.62. The highest BCUT2D eigenvalue weighted by Crippen LogP contribution is 2.72. The van der Waals surface area contributed by atoms with E-state index in [1.54, 1.807) is 4.57 Å². The fraction of sp³-hybridized carbons (Fsp3) is 0.353. The van der Waals surface area contributed by atoms with Gasteiger partial charge in [0, 0.05) is 6.42 Å². The molecule has 0 amide bonds. The van der Waals surface area contributed by atoms with Crippen molar-refractivity contribution in [1.82, 2.24) is 19.1 Å². The van der Waals surface area contributed by atoms with Crippen LogP contribution in [0, 0.1) is 0 Å². The zero-order chi connectivity index (χ0) is 20.7. The van der Waals surface area contributed by atoms with Crippen molar-refractivity contribution in [3.05, 3.63) is 46.2 Å². The smallest absolute Gasteiger partial charge is 0.394 e. The maximum absolute atomic E-state index is 12.7. The van der Waals surface area contributed by atoms with Crippen LogP contribution >= 0.6 is 7.82 Å². The van der Waals surface area contributed by atoms with Crippen molar-refractivity contribution in [2.75, 3.05) is 12.3 Å². The minimum Gasteiger partial charge on any atom is -0.394 e. The van der Waals surface area contributed by atoms with Gasteiger partial charge in [-0.2, -0.15) is 9.97 Å². The summed E-state index contributed by atoms with van der Waals surface area (Å²) in [6.45, 7) is -0.0112. The minimum atomic E-state index is -3.91. The lowest BCUT2D eigenvalue weighted by Gasteiger charge is -2.40. The predicted octanol–water partition coefficient (Wildman–Crippen LogP) is 0.747. The molecule has 3 N–H and O–H groups in total. The van der Waals surface area contributed by atoms with E-state index in [-0.39, 0.29) is 42.7 Å². The van der Waals surface area contributed by atoms with Gasteiger partial charge in [-0.1, -0.05) is 30.3 Å². The number of fused-ring (bicyclic) bond motifs is 1. The Kier molecular flexibility index (Phi) is 3.55. The molecule has 4 aliphatic heterocycles. The Bertz CT molecular complexity index is 1280. The molecular formula is C17H16N5O7P. The topological polar surface area (TPSA) is 153 Å². The van der Waals surface area contributed by atoms with Crippen LogP contribution in [0.5, 0.6) is 6.01 Å². The molecule has 4 aliphatic rings. The van der Waals surface area contributed by atoms with E-state index in [0.717, 1.165) is 5.56 Å². The van der Waals surface area contributed by atoms with Crippen molar-refractivity contribution in [3.63, 3.8) is 0 Å². The molecule has 12 nitrogen and oxygen atoms in total. The van der Waals surface area contributed by atoms with Gasteiger partial charge in [0.25, 0.3) is 0 Å². The molecule has 30 heavy (non-hydrogen) atoms. The standard InChI is InChI=1S/C17H16N5O7P/c18-15-20-12(24)11-13(21(15)7-9-4-2-1-3-5-9)22-14-17(6-10(8-23)26-14)28-30(25,29-17)27-16(22)19-11/h1-5,10,14,23H,6-8H2,(H2,18,20,24)/t10-,14+,17?,30?/m0/s1. The number of nitrogen functional groups attached to an aromatic ring is 1. The lowest BCUT2D eigenvalue weighted by atomic mass is 10.1. The van der Waals surface area contributed by atoms with E-state index in [2.05, 4.69) is 9.97 Å². The summed E-state index contributed by atoms with van der Waals surface area (Å²) in [5, 5.41) is 9.58. The fourth-order valence-electron chi connectivity index (χ4n) is 4.13. The van der Waals surface area contributed by atoms with E-state index in [1.807, 2.05) is 30.3 Å². The number of nitrogens with zero attached hydrogens (tertiary/aromatic N) is 4. The van der Waals surface area contributed by atoms with Gasteiger partial charge < -0.3 is 20.1 Å². The number of imidazole rings is 1. The van der Waals surface area contributed by atoms with Crippen molar-refractivity contribution in [2.24, 2.45) is 0 Å². The third-order valence-electron chi connectivity index (χ3n) is 5.36. The first-order valence-corrected chi connectivity index (χ1v) is 10.7. The Labute approximate surface area is 168 Å². The van der Waals surface area contributed by atoms with Gasteiger partial charge in [0.1, 0.15) is 0 Å². The molecule has 2 bridgehead atoms. The quantitative estimate of drug-likeness (QED) is 0.566. The van der Waals surface area contributed by atoms with E-state index < -0.39 is 31.5 Å². The van der Waals surface area contributed by atoms with E-state index >= 15 is 0 Å². The van der Waals surface area contributed by atoms with Crippen LogP contribution in [0.1, 0.15) is 18.2 Å². The second-order valence-corrected chi connectivity index (χ2v) is 8.76. The first-order valence-electron chi connectivity index (χ1n) is 9.21. The maximum Gasteiger partial charge on any atom is 0.537 e. The molecule has 1 spiro atoms. The Hall–Kier alpha value is -2.76. The molecule has 13 heteroatoms. The van der Waals surface area contributed by atoms with Gasteiger partial charge in [-0.3, -0.25) is 9.36 Å². The van der Waals surface area contributed by atoms with Crippen LogP contribution < -0.4 is 15.8 Å². The normalized spacial score (nSPS) is 31.5. The number of aliphatic hydroxyl groups is 1. The molecular weight excluding hydrogens is 417 g/mol. The molecule has 0 aliphatic carbocycles. The van der Waals surface area contributed by atoms with Gasteiger partial charge in [-0.05, 0) is 5.56 Å². The highest BCUT2D eigenvalue weighted by Gasteiger charge is 2.71. The van der Waals surface area contributed by atoms with Gasteiger partial charge >= 0.3 is 19.4 Å². The average Bonchev–Trinajstić information content (AvgIpc) is 3.19. The zero-order valence-corrected chi connectivity index (χ0v) is 16.3. The third-order valence-corrected chi connectivity index (χ3v) is 6.81. The first-order chi connectivity index (χ1) is 14.4. The first kappa shape index (κ1) is 18.0. The lowest BCUT2D eigenvalue weighted by Crippen LogP contribution is -2.46. The number of aliphatic hydroxyl groups excluding tert-OH is 1. The predicted molar refractivity (Wildman–Crippen MR) is 100 cm³/mol. The number of hydrogen-bond acceptors (Lipinski definition) is 10. The van der Waals surface area contributed by atoms with Crippen molar-refractivity contribution in [1.29, 1.82) is 0 Å². The van der Waals surface area contributed by atoms with Crippen LogP contribution in [-0.2, 0) is 24.9 Å². The van der Waals surface area contributed by atoms with Crippen molar-refractivity contribution < 1.29 is 28.0 Å². The largest absolute Gasteiger partial charge is 0.537 e. The highest BCUT2D eigenvalue weighted by molar-refractivity contribution is 7.50. The van der Waals surface area contributed by atoms with Gasteiger partial charge in [-0.15, -0.1) is 0 Å². The molecule has 1 aromatic carbocycles. The average molecular weight is 433 g/mol. The Morgan fingerprint density at radius 1 is 1.27 bits per heavy atom. The van der Waals surface area contributed by atoms with Crippen LogP contribution in [0.4, 0.5) is 5.95 Å². The molecule has 2 atom stereocenters. The summed E-state index contributed by atoms with van der Waals surface area (Å²) < 4.78 is 38.0. The molecule has 6 heterocycles. The molecule has 0 unspecified atom stereocenters. The molecule has 156 valence electrons. The molecule has 7 rings (SSSR count). The summed E-state index contributed by atoms with van der Waals surface area (Å²) >= 11 is 0. The molecule has 0 radical (unpaired) electrons. The maximum atomic E-state index is 12.7. The van der Waals surface area contributed by atoms with Gasteiger partial charge in [0.05, 0.1) is 19.3 Å². The summed E-state index contributed by atoms with van der Waals surface area (Å²) in [5.74, 6) is -1.46. The van der Waals surface area contributed by atoms with Gasteiger partial charge in [0.2, 0.25) is 11.7 Å². The molecule has 0 saturated carbocycles. The fourth-order valence-corrected chi connectivity index (χ4v) is 5.64. The number of phosphoric acid groups is 1. The van der Waals surface area contributed by atoms with E-state index in [0.29, 0.717) is 0 Å². The van der Waals surface area contributed by atoms with E-state index in [1.165, 1.54) is 4.57 Å². The van der Waals surface area contributed by atoms with Gasteiger partial charge in [-0.25, -0.2) is 18.2 Å². The summed E-state index contributed by atoms with van der Waals surface area (Å²) in [6.07, 6.45) is -1.49. The summed E-state index contributed by atoms with van der Waals surface area (Å²) in [6, 6.07) is 9.27. The molecule has 2 saturated heterocycles. The highest BCUT2D eigenvalue weighted by atomic mass is 31.2. The second kappa shape index (κ2) is 5.90. The summed E-state index contributed by atoms with van der Waals surface area (Å²) in [4.78, 5) is 20.6. The number of anilines is 1. The van der Waals surface area contributed by atoms with Gasteiger partial charge in [0.15, 0.2) is 17.4 Å². The summed E-state index contributed by atoms with van der Waals surface area (Å²) in [7, 11) is -3.91. The lowest BCUT2D eigenvalue weighted by molar-refractivity contribution is -0.249. The van der Waals surface area contributed by atoms with Crippen molar-refractivity contribution in [2.45, 2.75) is 31.1 Å². The van der Waals surface area contributed by atoms with Crippen molar-refractivity contribution >= 4 is 24.9 Å². The second-order valence-electron chi connectivity index (χ2n) is 7.31. The SMILES string of the molecule is Nc1nc(=O)c2nc3n(c2n1Cc1ccccc1)[C@@H]1O[C@H](CO)CC12OP(=O)(O3)O2. The van der Waals surface area contributed by atoms with Crippen LogP contribution in [0.15, 0.2) is 35.1 Å². The van der Waals surface area contributed by atoms with Crippen LogP contribution in [-0.4, -0.2) is 42.7 Å². The monoisotopic (exact) mass is 433 g/mol. The Morgan fingerprint density at radius 2 is 2.03 bits per heavy atom. The Morgan fingerprint density at radius 3 is 2.77 bits per heavy atom. The number of hydrogen-bond donors (Lipinski definition) is 2. The number of aromatic nitrogens is 4. The molecule has 2 aromatic heterocycles. The third kappa shape index (κ3) is 2.36. The number of rotatable bonds is 3. The number of phosphoric ester groups is 1. The molecule has 3 aromatic rings. The van der Waals surface area contributed by atoms with Crippen LogP contribution in [0.2, 0.25) is 0 Å². The zero-order valence-electron chi connectivity index (χ0n) is 15.4. The van der Waals surface area contributed by atoms with Crippen LogP contribution in [0.25, 0.3) is 11.2 Å².